The lowest BCUT2D eigenvalue weighted by Crippen LogP contribution is -2.44. The number of aliphatic hydroxyl groups is 3. The molecule has 2 aliphatic rings. The van der Waals surface area contributed by atoms with E-state index in [4.69, 9.17) is 0 Å². The molecule has 0 aromatic heterocycles. The number of carbonyl (C=O) groups is 3. The first-order chi connectivity index (χ1) is 16.1. The van der Waals surface area contributed by atoms with Gasteiger partial charge in [-0.3, -0.25) is 14.4 Å². The van der Waals surface area contributed by atoms with E-state index < -0.39 is 29.4 Å². The van der Waals surface area contributed by atoms with Crippen LogP contribution in [0.5, 0.6) is 0 Å². The average molecular weight is 472 g/mol. The van der Waals surface area contributed by atoms with E-state index in [1.54, 1.807) is 42.2 Å². The third-order valence-corrected chi connectivity index (χ3v) is 6.51. The van der Waals surface area contributed by atoms with Crippen LogP contribution in [0.25, 0.3) is 0 Å². The van der Waals surface area contributed by atoms with E-state index in [1.807, 2.05) is 0 Å². The zero-order valence-electron chi connectivity index (χ0n) is 19.6. The smallest absolute Gasteiger partial charge is 0.264 e. The van der Waals surface area contributed by atoms with Crippen molar-refractivity contribution < 1.29 is 29.7 Å². The lowest BCUT2D eigenvalue weighted by atomic mass is 9.82. The quantitative estimate of drug-likeness (QED) is 0.402. The summed E-state index contributed by atoms with van der Waals surface area (Å²) in [6.45, 7) is 7.46. The van der Waals surface area contributed by atoms with Gasteiger partial charge in [-0.1, -0.05) is 25.2 Å². The van der Waals surface area contributed by atoms with Gasteiger partial charge in [0, 0.05) is 36.7 Å². The van der Waals surface area contributed by atoms with Crippen LogP contribution in [0, 0.1) is 5.92 Å². The zero-order valence-corrected chi connectivity index (χ0v) is 19.6. The molecule has 2 aliphatic heterocycles. The highest BCUT2D eigenvalue weighted by molar-refractivity contribution is 6.08. The highest BCUT2D eigenvalue weighted by atomic mass is 16.3. The molecular weight excluding hydrogens is 438 g/mol. The Bertz CT molecular complexity index is 991. The third kappa shape index (κ3) is 4.77. The number of hydrogen-bond donors (Lipinski definition) is 4. The second-order valence-electron chi connectivity index (χ2n) is 8.85. The zero-order chi connectivity index (χ0) is 25.0. The Labute approximate surface area is 199 Å². The fraction of sp³-hybridized carbons (Fsp3) is 0.480. The van der Waals surface area contributed by atoms with Gasteiger partial charge in [0.05, 0.1) is 18.3 Å². The standard InChI is InChI=1S/C25H33N3O6/c1-4-12-28-21-11-10-18(26-23(32)17(3)30)14-20(21)25(34,24(28)33)16(2)7-5-9-22(31)27-13-6-8-19(27)15-29/h4-5,7,10-11,14,16-17,19,29-30,34H,1,6,8-9,12-13,15H2,2-3H3,(H,26,32)/b7-5+/t16-,17-,19-,25+/m0/s1. The predicted octanol–water partition coefficient (Wildman–Crippen LogP) is 1.29. The fourth-order valence-electron chi connectivity index (χ4n) is 4.57. The van der Waals surface area contributed by atoms with Crippen molar-refractivity contribution in [3.05, 3.63) is 48.6 Å². The van der Waals surface area contributed by atoms with E-state index >= 15 is 0 Å². The molecule has 1 saturated heterocycles. The monoisotopic (exact) mass is 471 g/mol. The minimum Gasteiger partial charge on any atom is -0.394 e. The van der Waals surface area contributed by atoms with Crippen molar-refractivity contribution in [2.45, 2.75) is 50.9 Å². The number of fused-ring (bicyclic) bond motifs is 1. The van der Waals surface area contributed by atoms with Crippen LogP contribution >= 0.6 is 0 Å². The van der Waals surface area contributed by atoms with Crippen molar-refractivity contribution in [1.82, 2.24) is 4.90 Å². The third-order valence-electron chi connectivity index (χ3n) is 6.51. The van der Waals surface area contributed by atoms with Gasteiger partial charge >= 0.3 is 0 Å². The fourth-order valence-corrected chi connectivity index (χ4v) is 4.57. The second-order valence-corrected chi connectivity index (χ2v) is 8.85. The molecule has 0 bridgehead atoms. The van der Waals surface area contributed by atoms with Crippen LogP contribution in [-0.2, 0) is 20.0 Å². The lowest BCUT2D eigenvalue weighted by molar-refractivity contribution is -0.139. The van der Waals surface area contributed by atoms with Crippen LogP contribution in [0.2, 0.25) is 0 Å². The van der Waals surface area contributed by atoms with Crippen molar-refractivity contribution >= 4 is 29.1 Å². The number of carbonyl (C=O) groups excluding carboxylic acids is 3. The van der Waals surface area contributed by atoms with Crippen LogP contribution in [0.3, 0.4) is 0 Å². The first-order valence-electron chi connectivity index (χ1n) is 11.5. The Hall–Kier alpha value is -3.01. The molecule has 2 heterocycles. The van der Waals surface area contributed by atoms with E-state index in [2.05, 4.69) is 11.9 Å². The largest absolute Gasteiger partial charge is 0.394 e. The molecule has 3 amide bonds. The molecule has 184 valence electrons. The summed E-state index contributed by atoms with van der Waals surface area (Å²) in [5.41, 5.74) is -0.746. The number of benzene rings is 1. The van der Waals surface area contributed by atoms with Crippen LogP contribution in [-0.4, -0.2) is 69.8 Å². The van der Waals surface area contributed by atoms with E-state index in [0.29, 0.717) is 23.5 Å². The van der Waals surface area contributed by atoms with Gasteiger partial charge in [0.2, 0.25) is 5.91 Å². The number of anilines is 2. The molecule has 0 spiro atoms. The molecule has 4 N–H and O–H groups in total. The van der Waals surface area contributed by atoms with Gasteiger partial charge in [0.25, 0.3) is 11.8 Å². The lowest BCUT2D eigenvalue weighted by Gasteiger charge is -2.27. The predicted molar refractivity (Wildman–Crippen MR) is 128 cm³/mol. The number of nitrogens with one attached hydrogen (secondary N) is 1. The molecule has 9 heteroatoms. The first kappa shape index (κ1) is 25.6. The summed E-state index contributed by atoms with van der Waals surface area (Å²) in [6, 6.07) is 4.60. The van der Waals surface area contributed by atoms with Gasteiger partial charge in [0.15, 0.2) is 5.60 Å². The number of hydrogen-bond acceptors (Lipinski definition) is 6. The van der Waals surface area contributed by atoms with Crippen molar-refractivity contribution in [3.63, 3.8) is 0 Å². The maximum atomic E-state index is 13.3. The molecule has 0 radical (unpaired) electrons. The highest BCUT2D eigenvalue weighted by Crippen LogP contribution is 2.46. The summed E-state index contributed by atoms with van der Waals surface area (Å²) in [7, 11) is 0. The SMILES string of the molecule is C=CCN1C(=O)[C@@](O)([C@@H](C)/C=C/CC(=O)N2CCC[C@H]2CO)c2cc(NC(=O)[C@H](C)O)ccc21. The molecule has 0 aliphatic carbocycles. The van der Waals surface area contributed by atoms with Gasteiger partial charge in [0.1, 0.15) is 6.10 Å². The molecule has 9 nitrogen and oxygen atoms in total. The van der Waals surface area contributed by atoms with Gasteiger partial charge < -0.3 is 30.4 Å². The maximum absolute atomic E-state index is 13.3. The van der Waals surface area contributed by atoms with E-state index in [-0.39, 0.29) is 31.5 Å². The van der Waals surface area contributed by atoms with Crippen molar-refractivity contribution in [2.24, 2.45) is 5.92 Å². The molecule has 3 rings (SSSR count). The molecule has 0 unspecified atom stereocenters. The number of nitrogens with zero attached hydrogens (tertiary/aromatic N) is 2. The van der Waals surface area contributed by atoms with Crippen LogP contribution in [0.4, 0.5) is 11.4 Å². The number of aliphatic hydroxyl groups excluding tert-OH is 2. The summed E-state index contributed by atoms with van der Waals surface area (Å²) in [6.07, 6.45) is 5.35. The molecule has 1 aromatic carbocycles. The van der Waals surface area contributed by atoms with Crippen LogP contribution in [0.1, 0.15) is 38.7 Å². The second kappa shape index (κ2) is 10.5. The Morgan fingerprint density at radius 3 is 2.74 bits per heavy atom. The normalized spacial score (nSPS) is 23.8. The molecule has 1 aromatic rings. The summed E-state index contributed by atoms with van der Waals surface area (Å²) in [5.74, 6) is -1.92. The first-order valence-corrected chi connectivity index (χ1v) is 11.5. The summed E-state index contributed by atoms with van der Waals surface area (Å²) in [4.78, 5) is 40.9. The minimum atomic E-state index is -1.91. The van der Waals surface area contributed by atoms with Crippen molar-refractivity contribution in [2.75, 3.05) is 29.9 Å². The Morgan fingerprint density at radius 1 is 1.35 bits per heavy atom. The van der Waals surface area contributed by atoms with E-state index in [1.165, 1.54) is 17.9 Å². The van der Waals surface area contributed by atoms with Crippen LogP contribution < -0.4 is 10.2 Å². The topological polar surface area (TPSA) is 130 Å². The molecule has 4 atom stereocenters. The van der Waals surface area contributed by atoms with Gasteiger partial charge in [-0.15, -0.1) is 6.58 Å². The van der Waals surface area contributed by atoms with E-state index in [9.17, 15) is 29.7 Å². The van der Waals surface area contributed by atoms with Crippen molar-refractivity contribution in [1.29, 1.82) is 0 Å². The minimum absolute atomic E-state index is 0.0655. The molecule has 0 saturated carbocycles. The summed E-state index contributed by atoms with van der Waals surface area (Å²) in [5, 5.41) is 33.1. The van der Waals surface area contributed by atoms with Crippen molar-refractivity contribution in [3.8, 4) is 0 Å². The maximum Gasteiger partial charge on any atom is 0.264 e. The Kier molecular flexibility index (Phi) is 7.91. The molecule has 1 fully saturated rings. The number of likely N-dealkylation sites (tertiary alicyclic amines) is 1. The van der Waals surface area contributed by atoms with Gasteiger partial charge in [-0.25, -0.2) is 0 Å². The van der Waals surface area contributed by atoms with E-state index in [0.717, 1.165) is 12.8 Å². The van der Waals surface area contributed by atoms with Gasteiger partial charge in [-0.2, -0.15) is 0 Å². The number of rotatable bonds is 9. The highest BCUT2D eigenvalue weighted by Gasteiger charge is 2.52. The summed E-state index contributed by atoms with van der Waals surface area (Å²) < 4.78 is 0. The Morgan fingerprint density at radius 2 is 2.09 bits per heavy atom. The average Bonchev–Trinajstić information content (AvgIpc) is 3.37. The molecule has 34 heavy (non-hydrogen) atoms. The number of amides is 3. The van der Waals surface area contributed by atoms with Crippen LogP contribution in [0.15, 0.2) is 43.0 Å². The van der Waals surface area contributed by atoms with Gasteiger partial charge in [-0.05, 0) is 38.0 Å². The Balaban J connectivity index is 1.85. The molecular formula is C25H33N3O6. The summed E-state index contributed by atoms with van der Waals surface area (Å²) >= 11 is 0.